The van der Waals surface area contributed by atoms with Crippen molar-refractivity contribution < 1.29 is 17.5 Å². The van der Waals surface area contributed by atoms with Gasteiger partial charge in [0, 0.05) is 33.8 Å². The lowest BCUT2D eigenvalue weighted by molar-refractivity contribution is -0.363. The lowest BCUT2D eigenvalue weighted by atomic mass is 9.83. The Morgan fingerprint density at radius 3 is 2.30 bits per heavy atom. The van der Waals surface area contributed by atoms with E-state index in [1.165, 1.54) is 21.1 Å². The van der Waals surface area contributed by atoms with Crippen molar-refractivity contribution in [3.05, 3.63) is 73.4 Å². The Hall–Kier alpha value is -2.02. The predicted octanol–water partition coefficient (Wildman–Crippen LogP) is 6.78. The van der Waals surface area contributed by atoms with Crippen LogP contribution in [0.1, 0.15) is 62.2 Å². The van der Waals surface area contributed by atoms with Crippen LogP contribution in [-0.2, 0) is 6.42 Å². The highest BCUT2D eigenvalue weighted by molar-refractivity contribution is 9.10. The van der Waals surface area contributed by atoms with Gasteiger partial charge < -0.3 is 17.6 Å². The Morgan fingerprint density at radius 1 is 1.07 bits per heavy atom. The van der Waals surface area contributed by atoms with Crippen molar-refractivity contribution in [2.45, 2.75) is 54.4 Å². The van der Waals surface area contributed by atoms with Crippen molar-refractivity contribution in [1.82, 2.24) is 4.48 Å². The lowest BCUT2D eigenvalue weighted by Gasteiger charge is -2.34. The molecule has 1 aromatic carbocycles. The number of nitrogens with zero attached hydrogens (tertiary/aromatic N) is 2. The summed E-state index contributed by atoms with van der Waals surface area (Å²) in [6.07, 6.45) is 1.35. The number of benzene rings is 1. The Balaban J connectivity index is 2.25. The van der Waals surface area contributed by atoms with E-state index in [2.05, 4.69) is 15.9 Å². The van der Waals surface area contributed by atoms with Crippen LogP contribution in [0.4, 0.5) is 13.0 Å². The summed E-state index contributed by atoms with van der Waals surface area (Å²) in [5.74, 6) is -0.369. The number of allylic oxidation sites excluding steroid dienone is 2. The molecule has 0 bridgehead atoms. The molecule has 30 heavy (non-hydrogen) atoms. The van der Waals surface area contributed by atoms with Crippen molar-refractivity contribution >= 4 is 34.2 Å². The van der Waals surface area contributed by atoms with Gasteiger partial charge in [0.25, 0.3) is 0 Å². The number of aromatic nitrogens is 1. The molecule has 0 aliphatic carbocycles. The van der Waals surface area contributed by atoms with Crippen molar-refractivity contribution in [1.29, 1.82) is 0 Å². The largest absolute Gasteiger partial charge is 0.737 e. The maximum Gasteiger partial charge on any atom is 0.737 e. The molecule has 2 aliphatic heterocycles. The zero-order chi connectivity index (χ0) is 22.1. The molecule has 4 rings (SSSR count). The summed E-state index contributed by atoms with van der Waals surface area (Å²) in [5, 5.41) is 0. The molecule has 3 heterocycles. The van der Waals surface area contributed by atoms with Crippen LogP contribution in [0.25, 0.3) is 5.57 Å². The van der Waals surface area contributed by atoms with Gasteiger partial charge in [0.05, 0.1) is 5.57 Å². The molecule has 1 aromatic heterocycles. The molecular formula is C23H25BBrF3N2. The van der Waals surface area contributed by atoms with Gasteiger partial charge in [-0.05, 0) is 62.6 Å². The maximum atomic E-state index is 16.1. The van der Waals surface area contributed by atoms with E-state index < -0.39 is 6.97 Å². The number of hydrogen-bond donors (Lipinski definition) is 0. The van der Waals surface area contributed by atoms with Gasteiger partial charge in [-0.3, -0.25) is 0 Å². The number of hydrogen-bond acceptors (Lipinski definition) is 0. The van der Waals surface area contributed by atoms with Gasteiger partial charge in [0.1, 0.15) is 11.5 Å². The van der Waals surface area contributed by atoms with Crippen molar-refractivity contribution in [3.8, 4) is 0 Å². The van der Waals surface area contributed by atoms with E-state index in [0.29, 0.717) is 40.1 Å². The molecule has 0 radical (unpaired) electrons. The first-order chi connectivity index (χ1) is 14.1. The van der Waals surface area contributed by atoms with Gasteiger partial charge in [-0.2, -0.15) is 0 Å². The molecule has 2 aromatic rings. The average Bonchev–Trinajstić information content (AvgIpc) is 3.08. The van der Waals surface area contributed by atoms with Crippen LogP contribution in [0.2, 0.25) is 0 Å². The molecule has 0 unspecified atom stereocenters. The zero-order valence-electron chi connectivity index (χ0n) is 18.1. The second-order valence-corrected chi connectivity index (χ2v) is 8.96. The molecular weight excluding hydrogens is 452 g/mol. The van der Waals surface area contributed by atoms with Crippen LogP contribution in [0.5, 0.6) is 0 Å². The van der Waals surface area contributed by atoms with E-state index >= 15 is 8.63 Å². The zero-order valence-corrected chi connectivity index (χ0v) is 19.7. The fraction of sp³-hybridized carbons (Fsp3) is 0.348. The van der Waals surface area contributed by atoms with E-state index in [1.54, 1.807) is 19.9 Å². The Bertz CT molecular complexity index is 1200. The molecule has 0 spiro atoms. The van der Waals surface area contributed by atoms with Gasteiger partial charge in [-0.15, -0.1) is 0 Å². The summed E-state index contributed by atoms with van der Waals surface area (Å²) in [5.41, 5.74) is 7.34. The van der Waals surface area contributed by atoms with E-state index in [1.807, 2.05) is 27.7 Å². The van der Waals surface area contributed by atoms with Crippen LogP contribution in [0.15, 0.2) is 39.5 Å². The van der Waals surface area contributed by atoms with Crippen LogP contribution < -0.4 is 0 Å². The molecule has 0 N–H and O–H groups in total. The fourth-order valence-corrected chi connectivity index (χ4v) is 5.97. The minimum Gasteiger partial charge on any atom is -0.393 e. The van der Waals surface area contributed by atoms with Crippen LogP contribution >= 0.6 is 15.9 Å². The topological polar surface area (TPSA) is 7.94 Å². The van der Waals surface area contributed by atoms with Gasteiger partial charge in [-0.25, -0.2) is 4.39 Å². The summed E-state index contributed by atoms with van der Waals surface area (Å²) in [7, 11) is 0. The van der Waals surface area contributed by atoms with Crippen LogP contribution in [0.3, 0.4) is 0 Å². The van der Waals surface area contributed by atoms with Gasteiger partial charge in [0.2, 0.25) is 0 Å². The Kier molecular flexibility index (Phi) is 4.96. The Labute approximate surface area is 184 Å². The molecule has 0 amide bonds. The van der Waals surface area contributed by atoms with Gasteiger partial charge >= 0.3 is 6.97 Å². The Morgan fingerprint density at radius 2 is 1.73 bits per heavy atom. The molecule has 0 saturated heterocycles. The lowest BCUT2D eigenvalue weighted by Crippen LogP contribution is -2.51. The fourth-order valence-electron chi connectivity index (χ4n) is 5.43. The highest BCUT2D eigenvalue weighted by Gasteiger charge is 2.56. The number of rotatable bonds is 3. The average molecular weight is 477 g/mol. The molecule has 0 saturated carbocycles. The minimum atomic E-state index is -4.05. The van der Waals surface area contributed by atoms with Crippen molar-refractivity contribution in [2.24, 2.45) is 0 Å². The highest BCUT2D eigenvalue weighted by Crippen LogP contribution is 2.48. The smallest absolute Gasteiger partial charge is 0.393 e. The van der Waals surface area contributed by atoms with Crippen LogP contribution in [-0.4, -0.2) is 21.6 Å². The highest BCUT2D eigenvalue weighted by atomic mass is 79.9. The second-order valence-electron chi connectivity index (χ2n) is 8.11. The summed E-state index contributed by atoms with van der Waals surface area (Å²) >= 11 is 3.49. The van der Waals surface area contributed by atoms with E-state index in [9.17, 15) is 4.39 Å². The summed E-state index contributed by atoms with van der Waals surface area (Å²) in [6.45, 7) is 7.33. The van der Waals surface area contributed by atoms with E-state index in [-0.39, 0.29) is 5.82 Å². The second kappa shape index (κ2) is 7.01. The number of halogens is 4. The molecule has 158 valence electrons. The molecule has 7 heteroatoms. The molecule has 0 atom stereocenters. The van der Waals surface area contributed by atoms with Crippen molar-refractivity contribution in [3.63, 3.8) is 0 Å². The maximum absolute atomic E-state index is 16.1. The third kappa shape index (κ3) is 2.60. The third-order valence-corrected chi connectivity index (χ3v) is 7.35. The normalized spacial score (nSPS) is 17.8. The SMILES string of the molecule is CCC1=C(C)C2=C(c3ccc(F)cc3Br)c3c(C)c(CC)c(C)n3[B-](F)(F)[N+]2=C1C. The van der Waals surface area contributed by atoms with E-state index in [0.717, 1.165) is 33.4 Å². The van der Waals surface area contributed by atoms with Gasteiger partial charge in [-0.1, -0.05) is 35.8 Å². The molecule has 2 aliphatic rings. The first-order valence-corrected chi connectivity index (χ1v) is 11.1. The predicted molar refractivity (Wildman–Crippen MR) is 121 cm³/mol. The quantitative estimate of drug-likeness (QED) is 0.431. The molecule has 0 fully saturated rings. The summed E-state index contributed by atoms with van der Waals surface area (Å²) in [6, 6.07) is 4.46. The van der Waals surface area contributed by atoms with Gasteiger partial charge in [0.15, 0.2) is 5.70 Å². The third-order valence-electron chi connectivity index (χ3n) is 6.70. The minimum absolute atomic E-state index is 0.369. The summed E-state index contributed by atoms with van der Waals surface area (Å²) < 4.78 is 49.1. The summed E-state index contributed by atoms with van der Waals surface area (Å²) in [4.78, 5) is 0. The number of fused-ring (bicyclic) bond motifs is 2. The first kappa shape index (κ1) is 21.2. The standard InChI is InChI=1S/C23H25BBrF3N2/c1-7-17-12(3)22-21(19-10-9-16(26)11-20(19)25)23-13(4)18(8-2)15(6)30(23)24(27,28)29(22)14(17)5/h9-11H,7-8H2,1-6H3. The van der Waals surface area contributed by atoms with Crippen molar-refractivity contribution in [2.75, 3.05) is 0 Å². The first-order valence-electron chi connectivity index (χ1n) is 10.3. The molecule has 2 nitrogen and oxygen atoms in total. The van der Waals surface area contributed by atoms with E-state index in [4.69, 9.17) is 0 Å². The monoisotopic (exact) mass is 476 g/mol. The van der Waals surface area contributed by atoms with Crippen LogP contribution in [0, 0.1) is 19.7 Å².